The number of rotatable bonds is 5. The highest BCUT2D eigenvalue weighted by Crippen LogP contribution is 2.36. The van der Waals surface area contributed by atoms with Gasteiger partial charge in [0.1, 0.15) is 5.75 Å². The highest BCUT2D eigenvalue weighted by Gasteiger charge is 2.38. The number of piperidine rings is 1. The maximum Gasteiger partial charge on any atom is 0.241 e. The lowest BCUT2D eigenvalue weighted by atomic mass is 9.84. The number of hydrogen-bond donors (Lipinski definition) is 1. The molecule has 0 aliphatic carbocycles. The van der Waals surface area contributed by atoms with Crippen LogP contribution in [-0.2, 0) is 14.4 Å². The number of nitrogens with zero attached hydrogens (tertiary/aromatic N) is 2. The van der Waals surface area contributed by atoms with Crippen molar-refractivity contribution in [2.24, 2.45) is 5.92 Å². The van der Waals surface area contributed by atoms with Crippen molar-refractivity contribution < 1.29 is 19.1 Å². The summed E-state index contributed by atoms with van der Waals surface area (Å²) in [5.41, 5.74) is 0.871. The number of ether oxygens (including phenoxy) is 1. The van der Waals surface area contributed by atoms with Gasteiger partial charge in [-0.05, 0) is 24.1 Å². The number of nitrogens with one attached hydrogen (secondary N) is 1. The van der Waals surface area contributed by atoms with Gasteiger partial charge in [0.05, 0.1) is 25.6 Å². The van der Waals surface area contributed by atoms with Crippen molar-refractivity contribution in [2.75, 3.05) is 34.8 Å². The molecule has 0 spiro atoms. The van der Waals surface area contributed by atoms with E-state index in [2.05, 4.69) is 5.32 Å². The second kappa shape index (κ2) is 8.00. The van der Waals surface area contributed by atoms with Crippen LogP contribution >= 0.6 is 0 Å². The van der Waals surface area contributed by atoms with E-state index in [0.29, 0.717) is 18.6 Å². The first-order chi connectivity index (χ1) is 11.8. The van der Waals surface area contributed by atoms with E-state index >= 15 is 0 Å². The molecule has 1 N–H and O–H groups in total. The number of likely N-dealkylation sites (tertiary alicyclic amines) is 1. The highest BCUT2D eigenvalue weighted by atomic mass is 16.5. The van der Waals surface area contributed by atoms with E-state index in [4.69, 9.17) is 4.74 Å². The molecule has 0 radical (unpaired) electrons. The second-order valence-electron chi connectivity index (χ2n) is 6.37. The topological polar surface area (TPSA) is 79.0 Å². The normalized spacial score (nSPS) is 20.2. The molecule has 0 aromatic heterocycles. The number of methoxy groups -OCH3 is 1. The second-order valence-corrected chi connectivity index (χ2v) is 6.37. The third-order valence-electron chi connectivity index (χ3n) is 4.57. The zero-order chi connectivity index (χ0) is 18.6. The zero-order valence-electron chi connectivity index (χ0n) is 15.1. The molecule has 1 aliphatic heterocycles. The molecule has 1 saturated heterocycles. The first-order valence-corrected chi connectivity index (χ1v) is 8.22. The number of benzene rings is 1. The van der Waals surface area contributed by atoms with Gasteiger partial charge in [-0.3, -0.25) is 14.4 Å². The van der Waals surface area contributed by atoms with Crippen molar-refractivity contribution >= 4 is 17.7 Å². The maximum absolute atomic E-state index is 12.6. The Kier molecular flexibility index (Phi) is 6.01. The van der Waals surface area contributed by atoms with E-state index < -0.39 is 5.92 Å². The summed E-state index contributed by atoms with van der Waals surface area (Å²) in [6, 6.07) is 6.99. The fourth-order valence-electron chi connectivity index (χ4n) is 3.02. The summed E-state index contributed by atoms with van der Waals surface area (Å²) in [5.74, 6) is -0.0589. The van der Waals surface area contributed by atoms with Gasteiger partial charge in [-0.25, -0.2) is 0 Å². The smallest absolute Gasteiger partial charge is 0.241 e. The van der Waals surface area contributed by atoms with Crippen molar-refractivity contribution in [1.82, 2.24) is 15.1 Å². The molecule has 1 fully saturated rings. The van der Waals surface area contributed by atoms with Gasteiger partial charge in [0.2, 0.25) is 17.7 Å². The average Bonchev–Trinajstić information content (AvgIpc) is 2.61. The molecule has 2 atom stereocenters. The Bertz CT molecular complexity index is 642. The van der Waals surface area contributed by atoms with E-state index in [-0.39, 0.29) is 30.3 Å². The Labute approximate surface area is 147 Å². The fraction of sp³-hybridized carbons (Fsp3) is 0.500. The quantitative estimate of drug-likeness (QED) is 0.855. The molecule has 1 aromatic carbocycles. The van der Waals surface area contributed by atoms with E-state index in [1.54, 1.807) is 33.2 Å². The number of carbonyl (C=O) groups is 3. The molecule has 0 bridgehead atoms. The third kappa shape index (κ3) is 4.29. The summed E-state index contributed by atoms with van der Waals surface area (Å²) in [6.45, 7) is -0.0463. The Morgan fingerprint density at radius 1 is 1.28 bits per heavy atom. The van der Waals surface area contributed by atoms with Crippen molar-refractivity contribution in [3.8, 4) is 5.75 Å². The van der Waals surface area contributed by atoms with E-state index in [0.717, 1.165) is 5.56 Å². The molecule has 25 heavy (non-hydrogen) atoms. The Morgan fingerprint density at radius 3 is 2.48 bits per heavy atom. The van der Waals surface area contributed by atoms with E-state index in [9.17, 15) is 14.4 Å². The van der Waals surface area contributed by atoms with Gasteiger partial charge < -0.3 is 19.9 Å². The van der Waals surface area contributed by atoms with Crippen LogP contribution in [0.3, 0.4) is 0 Å². The Morgan fingerprint density at radius 2 is 1.92 bits per heavy atom. The molecule has 0 unspecified atom stereocenters. The lowest BCUT2D eigenvalue weighted by Gasteiger charge is -2.38. The lowest BCUT2D eigenvalue weighted by molar-refractivity contribution is -0.142. The zero-order valence-corrected chi connectivity index (χ0v) is 15.1. The van der Waals surface area contributed by atoms with Gasteiger partial charge in [0.25, 0.3) is 0 Å². The molecule has 136 valence electrons. The minimum Gasteiger partial charge on any atom is -0.497 e. The monoisotopic (exact) mass is 347 g/mol. The maximum atomic E-state index is 12.6. The van der Waals surface area contributed by atoms with Crippen molar-refractivity contribution in [1.29, 1.82) is 0 Å². The molecule has 7 heteroatoms. The Balaban J connectivity index is 2.19. The van der Waals surface area contributed by atoms with Gasteiger partial charge in [0.15, 0.2) is 0 Å². The summed E-state index contributed by atoms with van der Waals surface area (Å²) in [6.07, 6.45) is 0.782. The first kappa shape index (κ1) is 18.8. The van der Waals surface area contributed by atoms with Gasteiger partial charge in [-0.1, -0.05) is 12.1 Å². The molecule has 0 saturated carbocycles. The van der Waals surface area contributed by atoms with Gasteiger partial charge >= 0.3 is 0 Å². The number of carbonyl (C=O) groups excluding carboxylic acids is 3. The summed E-state index contributed by atoms with van der Waals surface area (Å²) < 4.78 is 5.16. The summed E-state index contributed by atoms with van der Waals surface area (Å²) in [7, 11) is 6.58. The van der Waals surface area contributed by atoms with Crippen LogP contribution in [0, 0.1) is 5.92 Å². The molecule has 3 amide bonds. The average molecular weight is 347 g/mol. The SMILES string of the molecule is COc1ccc([C@H]2[C@@H](C(=O)NCC(=O)N(C)C)CCC(=O)N2C)cc1. The summed E-state index contributed by atoms with van der Waals surface area (Å²) in [4.78, 5) is 39.5. The number of hydrogen-bond acceptors (Lipinski definition) is 4. The largest absolute Gasteiger partial charge is 0.497 e. The lowest BCUT2D eigenvalue weighted by Crippen LogP contribution is -2.47. The minimum atomic E-state index is -0.397. The van der Waals surface area contributed by atoms with Crippen LogP contribution < -0.4 is 10.1 Å². The van der Waals surface area contributed by atoms with E-state index in [1.807, 2.05) is 24.3 Å². The molecule has 7 nitrogen and oxygen atoms in total. The fourth-order valence-corrected chi connectivity index (χ4v) is 3.02. The standard InChI is InChI=1S/C18H25N3O4/c1-20(2)16(23)11-19-18(24)14-9-10-15(22)21(3)17(14)12-5-7-13(25-4)8-6-12/h5-8,14,17H,9-11H2,1-4H3,(H,19,24)/t14-,17-/m0/s1. The molecule has 1 heterocycles. The highest BCUT2D eigenvalue weighted by molar-refractivity contribution is 5.88. The number of likely N-dealkylation sites (N-methyl/N-ethyl adjacent to an activating group) is 1. The van der Waals surface area contributed by atoms with Crippen LogP contribution in [0.1, 0.15) is 24.4 Å². The molecule has 2 rings (SSSR count). The van der Waals surface area contributed by atoms with Gasteiger partial charge in [0, 0.05) is 27.6 Å². The van der Waals surface area contributed by atoms with Gasteiger partial charge in [-0.2, -0.15) is 0 Å². The van der Waals surface area contributed by atoms with Crippen LogP contribution in [0.15, 0.2) is 24.3 Å². The molecular weight excluding hydrogens is 322 g/mol. The van der Waals surface area contributed by atoms with Gasteiger partial charge in [-0.15, -0.1) is 0 Å². The van der Waals surface area contributed by atoms with Crippen molar-refractivity contribution in [3.05, 3.63) is 29.8 Å². The minimum absolute atomic E-state index is 0.00855. The number of amides is 3. The van der Waals surface area contributed by atoms with Crippen LogP contribution in [-0.4, -0.2) is 62.3 Å². The summed E-state index contributed by atoms with van der Waals surface area (Å²) in [5, 5.41) is 2.70. The van der Waals surface area contributed by atoms with Crippen molar-refractivity contribution in [3.63, 3.8) is 0 Å². The first-order valence-electron chi connectivity index (χ1n) is 8.22. The van der Waals surface area contributed by atoms with Crippen LogP contribution in [0.4, 0.5) is 0 Å². The Hall–Kier alpha value is -2.57. The van der Waals surface area contributed by atoms with Crippen LogP contribution in [0.5, 0.6) is 5.75 Å². The molecule has 1 aliphatic rings. The molecular formula is C18H25N3O4. The van der Waals surface area contributed by atoms with Crippen LogP contribution in [0.25, 0.3) is 0 Å². The molecule has 1 aromatic rings. The predicted molar refractivity (Wildman–Crippen MR) is 92.9 cm³/mol. The predicted octanol–water partition coefficient (Wildman–Crippen LogP) is 0.809. The third-order valence-corrected chi connectivity index (χ3v) is 4.57. The van der Waals surface area contributed by atoms with Crippen LogP contribution in [0.2, 0.25) is 0 Å². The van der Waals surface area contributed by atoms with Crippen molar-refractivity contribution in [2.45, 2.75) is 18.9 Å². The summed E-state index contributed by atoms with van der Waals surface area (Å²) >= 11 is 0. The van der Waals surface area contributed by atoms with E-state index in [1.165, 1.54) is 4.90 Å².